The van der Waals surface area contributed by atoms with E-state index in [0.29, 0.717) is 0 Å². The van der Waals surface area contributed by atoms with Gasteiger partial charge in [0.25, 0.3) is 0 Å². The zero-order valence-electron chi connectivity index (χ0n) is 21.0. The maximum absolute atomic E-state index is 6.77. The van der Waals surface area contributed by atoms with Gasteiger partial charge in [-0.2, -0.15) is 0 Å². The van der Waals surface area contributed by atoms with Crippen LogP contribution in [-0.2, 0) is 6.42 Å². The SMILES string of the molecule is Cc1cnc(-c2cccc3c2oc2c4ccccc4c4oc5ccccc5c4c32)cc1CC(C)(C)C. The molecule has 3 nitrogen and oxygen atoms in total. The van der Waals surface area contributed by atoms with E-state index in [1.165, 1.54) is 11.1 Å². The second-order valence-electron chi connectivity index (χ2n) is 11.1. The van der Waals surface area contributed by atoms with Crippen LogP contribution in [0.4, 0.5) is 0 Å². The average molecular weight is 470 g/mol. The van der Waals surface area contributed by atoms with Crippen LogP contribution in [0.15, 0.2) is 87.8 Å². The van der Waals surface area contributed by atoms with Crippen molar-refractivity contribution in [3.8, 4) is 11.3 Å². The van der Waals surface area contributed by atoms with Gasteiger partial charge in [-0.05, 0) is 48.1 Å². The number of hydrogen-bond acceptors (Lipinski definition) is 3. The van der Waals surface area contributed by atoms with Gasteiger partial charge in [-0.3, -0.25) is 4.98 Å². The number of aryl methyl sites for hydroxylation is 1. The van der Waals surface area contributed by atoms with E-state index < -0.39 is 0 Å². The van der Waals surface area contributed by atoms with Gasteiger partial charge < -0.3 is 8.83 Å². The first kappa shape index (κ1) is 21.2. The van der Waals surface area contributed by atoms with Crippen molar-refractivity contribution < 1.29 is 8.83 Å². The van der Waals surface area contributed by atoms with Gasteiger partial charge in [0.2, 0.25) is 0 Å². The number of para-hydroxylation sites is 2. The van der Waals surface area contributed by atoms with E-state index in [9.17, 15) is 0 Å². The predicted octanol–water partition coefficient (Wildman–Crippen LogP) is 9.60. The number of aromatic nitrogens is 1. The minimum Gasteiger partial charge on any atom is -0.455 e. The standard InChI is InChI=1S/C33H27NO2/c1-19-18-34-26(16-20(19)17-33(2,3)4)23-13-9-14-25-29-28-24-12-7-8-15-27(24)35-31(28)21-10-5-6-11-22(21)32(29)36-30(23)25/h5-16,18H,17H2,1-4H3. The Kier molecular flexibility index (Phi) is 4.38. The maximum atomic E-state index is 6.77. The highest BCUT2D eigenvalue weighted by Crippen LogP contribution is 2.46. The van der Waals surface area contributed by atoms with E-state index in [4.69, 9.17) is 13.8 Å². The number of rotatable bonds is 2. The molecule has 0 unspecified atom stereocenters. The van der Waals surface area contributed by atoms with Crippen LogP contribution in [0.3, 0.4) is 0 Å². The van der Waals surface area contributed by atoms with Crippen LogP contribution in [0.5, 0.6) is 0 Å². The lowest BCUT2D eigenvalue weighted by molar-refractivity contribution is 0.410. The Morgan fingerprint density at radius 3 is 2.08 bits per heavy atom. The number of hydrogen-bond donors (Lipinski definition) is 0. The summed E-state index contributed by atoms with van der Waals surface area (Å²) in [7, 11) is 0. The second kappa shape index (κ2) is 7.44. The van der Waals surface area contributed by atoms with Crippen LogP contribution < -0.4 is 0 Å². The van der Waals surface area contributed by atoms with E-state index in [2.05, 4.69) is 88.4 Å². The molecule has 3 heteroatoms. The monoisotopic (exact) mass is 469 g/mol. The van der Waals surface area contributed by atoms with E-state index in [0.717, 1.165) is 72.3 Å². The summed E-state index contributed by atoms with van der Waals surface area (Å²) in [5, 5.41) is 6.54. The van der Waals surface area contributed by atoms with Crippen LogP contribution in [0, 0.1) is 12.3 Å². The van der Waals surface area contributed by atoms with Crippen LogP contribution in [0.1, 0.15) is 31.9 Å². The van der Waals surface area contributed by atoms with Crippen molar-refractivity contribution in [2.45, 2.75) is 34.1 Å². The zero-order chi connectivity index (χ0) is 24.6. The maximum Gasteiger partial charge on any atom is 0.144 e. The number of pyridine rings is 1. The first-order chi connectivity index (χ1) is 17.4. The van der Waals surface area contributed by atoms with E-state index in [1.54, 1.807) is 0 Å². The molecule has 36 heavy (non-hydrogen) atoms. The molecule has 3 heterocycles. The third-order valence-electron chi connectivity index (χ3n) is 7.19. The Morgan fingerprint density at radius 1 is 0.694 bits per heavy atom. The van der Waals surface area contributed by atoms with Crippen LogP contribution in [0.2, 0.25) is 0 Å². The van der Waals surface area contributed by atoms with Gasteiger partial charge in [-0.1, -0.05) is 75.4 Å². The summed E-state index contributed by atoms with van der Waals surface area (Å²) in [5.41, 5.74) is 8.28. The zero-order valence-corrected chi connectivity index (χ0v) is 21.0. The quantitative estimate of drug-likeness (QED) is 0.253. The number of nitrogens with zero attached hydrogens (tertiary/aromatic N) is 1. The van der Waals surface area contributed by atoms with Gasteiger partial charge in [0.05, 0.1) is 5.69 Å². The third kappa shape index (κ3) is 3.09. The summed E-state index contributed by atoms with van der Waals surface area (Å²) >= 11 is 0. The van der Waals surface area contributed by atoms with Crippen LogP contribution in [0.25, 0.3) is 65.9 Å². The molecule has 0 radical (unpaired) electrons. The van der Waals surface area contributed by atoms with Crippen molar-refractivity contribution >= 4 is 54.6 Å². The highest BCUT2D eigenvalue weighted by atomic mass is 16.3. The number of fused-ring (bicyclic) bond motifs is 10. The van der Waals surface area contributed by atoms with Gasteiger partial charge in [-0.25, -0.2) is 0 Å². The molecule has 7 rings (SSSR count). The molecule has 0 N–H and O–H groups in total. The summed E-state index contributed by atoms with van der Waals surface area (Å²) in [5.74, 6) is 0. The molecule has 0 saturated heterocycles. The van der Waals surface area contributed by atoms with Crippen LogP contribution in [-0.4, -0.2) is 4.98 Å². The molecule has 4 aromatic carbocycles. The van der Waals surface area contributed by atoms with E-state index in [1.807, 2.05) is 18.3 Å². The van der Waals surface area contributed by atoms with E-state index in [-0.39, 0.29) is 5.41 Å². The fraction of sp³-hybridized carbons (Fsp3) is 0.182. The second-order valence-corrected chi connectivity index (χ2v) is 11.1. The Labute approximate surface area is 209 Å². The van der Waals surface area contributed by atoms with Crippen molar-refractivity contribution in [1.29, 1.82) is 0 Å². The molecular weight excluding hydrogens is 442 g/mol. The smallest absolute Gasteiger partial charge is 0.144 e. The first-order valence-corrected chi connectivity index (χ1v) is 12.5. The fourth-order valence-electron chi connectivity index (χ4n) is 5.60. The summed E-state index contributed by atoms with van der Waals surface area (Å²) in [6.07, 6.45) is 2.99. The lowest BCUT2D eigenvalue weighted by atomic mass is 9.86. The molecule has 0 aliphatic rings. The molecule has 0 amide bonds. The Balaban J connectivity index is 1.61. The number of benzene rings is 4. The average Bonchev–Trinajstić information content (AvgIpc) is 3.43. The van der Waals surface area contributed by atoms with Gasteiger partial charge >= 0.3 is 0 Å². The molecule has 0 atom stereocenters. The topological polar surface area (TPSA) is 39.2 Å². The fourth-order valence-corrected chi connectivity index (χ4v) is 5.60. The predicted molar refractivity (Wildman–Crippen MR) is 150 cm³/mol. The van der Waals surface area contributed by atoms with Crippen molar-refractivity contribution in [3.05, 3.63) is 90.1 Å². The highest BCUT2D eigenvalue weighted by Gasteiger charge is 2.22. The van der Waals surface area contributed by atoms with Gasteiger partial charge in [0, 0.05) is 44.1 Å². The largest absolute Gasteiger partial charge is 0.455 e. The minimum absolute atomic E-state index is 0.196. The summed E-state index contributed by atoms with van der Waals surface area (Å²) in [6, 6.07) is 25.3. The number of furan rings is 2. The molecular formula is C33H27NO2. The molecule has 0 aliphatic heterocycles. The molecule has 0 saturated carbocycles. The molecule has 0 spiro atoms. The molecule has 7 aromatic rings. The van der Waals surface area contributed by atoms with Crippen molar-refractivity contribution in [1.82, 2.24) is 4.98 Å². The molecule has 176 valence electrons. The summed E-state index contributed by atoms with van der Waals surface area (Å²) < 4.78 is 13.2. The van der Waals surface area contributed by atoms with E-state index >= 15 is 0 Å². The van der Waals surface area contributed by atoms with Crippen molar-refractivity contribution in [3.63, 3.8) is 0 Å². The summed E-state index contributed by atoms with van der Waals surface area (Å²) in [6.45, 7) is 8.97. The van der Waals surface area contributed by atoms with Crippen molar-refractivity contribution in [2.24, 2.45) is 5.41 Å². The normalized spacial score (nSPS) is 12.6. The lowest BCUT2D eigenvalue weighted by Gasteiger charge is -2.20. The van der Waals surface area contributed by atoms with Gasteiger partial charge in [0.1, 0.15) is 22.3 Å². The molecule has 3 aromatic heterocycles. The molecule has 0 fully saturated rings. The first-order valence-electron chi connectivity index (χ1n) is 12.5. The highest BCUT2D eigenvalue weighted by molar-refractivity contribution is 6.34. The molecule has 0 bridgehead atoms. The Morgan fingerprint density at radius 2 is 1.33 bits per heavy atom. The Bertz CT molecular complexity index is 1960. The van der Waals surface area contributed by atoms with Crippen molar-refractivity contribution in [2.75, 3.05) is 0 Å². The molecule has 0 aliphatic carbocycles. The minimum atomic E-state index is 0.196. The van der Waals surface area contributed by atoms with Crippen LogP contribution >= 0.6 is 0 Å². The summed E-state index contributed by atoms with van der Waals surface area (Å²) in [4.78, 5) is 4.85. The third-order valence-corrected chi connectivity index (χ3v) is 7.19. The van der Waals surface area contributed by atoms with Gasteiger partial charge in [0.15, 0.2) is 0 Å². The Hall–Kier alpha value is -4.11. The van der Waals surface area contributed by atoms with Gasteiger partial charge in [-0.15, -0.1) is 0 Å². The lowest BCUT2D eigenvalue weighted by Crippen LogP contribution is -2.10.